The summed E-state index contributed by atoms with van der Waals surface area (Å²) >= 11 is 6.02. The number of hydrogen-bond acceptors (Lipinski definition) is 5. The predicted molar refractivity (Wildman–Crippen MR) is 94.0 cm³/mol. The Morgan fingerprint density at radius 3 is 2.96 bits per heavy atom. The fourth-order valence-electron chi connectivity index (χ4n) is 2.73. The number of carbonyl (C=O) groups excluding carboxylic acids is 1. The summed E-state index contributed by atoms with van der Waals surface area (Å²) < 4.78 is 7.07. The topological polar surface area (TPSA) is 95.1 Å². The van der Waals surface area contributed by atoms with Crippen molar-refractivity contribution in [2.75, 3.05) is 12.8 Å². The second kappa shape index (κ2) is 7.27. The lowest BCUT2D eigenvalue weighted by molar-refractivity contribution is 0.0923. The zero-order valence-electron chi connectivity index (χ0n) is 13.4. The largest absolute Gasteiger partial charge is 0.496 e. The zero-order chi connectivity index (χ0) is 16.6. The van der Waals surface area contributed by atoms with Crippen molar-refractivity contribution in [2.45, 2.75) is 32.4 Å². The third kappa shape index (κ3) is 3.57. The fourth-order valence-corrected chi connectivity index (χ4v) is 2.89. The number of aromatic nitrogens is 3. The molecule has 3 N–H and O–H groups in total. The highest BCUT2D eigenvalue weighted by Crippen LogP contribution is 2.29. The van der Waals surface area contributed by atoms with Crippen LogP contribution < -0.4 is 15.8 Å². The summed E-state index contributed by atoms with van der Waals surface area (Å²) in [5, 5.41) is 7.66. The van der Waals surface area contributed by atoms with Gasteiger partial charge in [0.05, 0.1) is 29.9 Å². The SMILES string of the molecule is COc1cc(N)c(Cl)cc1C(=O)NC1CCc2nc(C)nn2C1.Cl. The Morgan fingerprint density at radius 2 is 2.25 bits per heavy atom. The number of nitrogens with two attached hydrogens (primary N) is 1. The number of ether oxygens (including phenoxy) is 1. The quantitative estimate of drug-likeness (QED) is 0.804. The second-order valence-corrected chi connectivity index (χ2v) is 5.95. The maximum atomic E-state index is 12.5. The Hall–Kier alpha value is -1.99. The average molecular weight is 372 g/mol. The van der Waals surface area contributed by atoms with E-state index in [1.165, 1.54) is 13.2 Å². The number of anilines is 1. The number of fused-ring (bicyclic) bond motifs is 1. The van der Waals surface area contributed by atoms with E-state index >= 15 is 0 Å². The summed E-state index contributed by atoms with van der Waals surface area (Å²) in [5.41, 5.74) is 6.49. The number of carbonyl (C=O) groups is 1. The molecule has 0 aliphatic carbocycles. The molecule has 0 saturated heterocycles. The first-order valence-corrected chi connectivity index (χ1v) is 7.70. The van der Waals surface area contributed by atoms with Crippen molar-refractivity contribution < 1.29 is 9.53 Å². The number of nitrogens with one attached hydrogen (secondary N) is 1. The van der Waals surface area contributed by atoms with Gasteiger partial charge >= 0.3 is 0 Å². The first-order chi connectivity index (χ1) is 11.0. The number of methoxy groups -OCH3 is 1. The lowest BCUT2D eigenvalue weighted by atomic mass is 10.1. The Bertz CT molecular complexity index is 763. The summed E-state index contributed by atoms with van der Waals surface area (Å²) in [6, 6.07) is 3.06. The van der Waals surface area contributed by atoms with E-state index in [-0.39, 0.29) is 24.4 Å². The van der Waals surface area contributed by atoms with Gasteiger partial charge in [0, 0.05) is 18.5 Å². The number of benzene rings is 1. The number of nitrogen functional groups attached to an aromatic ring is 1. The third-order valence-electron chi connectivity index (χ3n) is 3.86. The van der Waals surface area contributed by atoms with Crippen molar-refractivity contribution in [1.29, 1.82) is 0 Å². The van der Waals surface area contributed by atoms with Crippen LogP contribution in [0.25, 0.3) is 0 Å². The van der Waals surface area contributed by atoms with Gasteiger partial charge in [0.15, 0.2) is 0 Å². The third-order valence-corrected chi connectivity index (χ3v) is 4.19. The monoisotopic (exact) mass is 371 g/mol. The van der Waals surface area contributed by atoms with Crippen LogP contribution in [0.2, 0.25) is 5.02 Å². The molecule has 1 aromatic carbocycles. The normalized spacial score (nSPS) is 16.0. The molecule has 24 heavy (non-hydrogen) atoms. The molecule has 3 rings (SSSR count). The fraction of sp³-hybridized carbons (Fsp3) is 0.400. The van der Waals surface area contributed by atoms with Crippen LogP contribution >= 0.6 is 24.0 Å². The molecule has 7 nitrogen and oxygen atoms in total. The maximum Gasteiger partial charge on any atom is 0.255 e. The van der Waals surface area contributed by atoms with Crippen molar-refractivity contribution in [1.82, 2.24) is 20.1 Å². The maximum absolute atomic E-state index is 12.5. The predicted octanol–water partition coefficient (Wildman–Crippen LogP) is 2.00. The van der Waals surface area contributed by atoms with Gasteiger partial charge in [-0.25, -0.2) is 9.67 Å². The van der Waals surface area contributed by atoms with Crippen LogP contribution in [-0.2, 0) is 13.0 Å². The molecule has 1 aliphatic heterocycles. The second-order valence-electron chi connectivity index (χ2n) is 5.54. The van der Waals surface area contributed by atoms with E-state index in [0.717, 1.165) is 24.5 Å². The van der Waals surface area contributed by atoms with Gasteiger partial charge in [0.25, 0.3) is 5.91 Å². The van der Waals surface area contributed by atoms with Gasteiger partial charge in [-0.3, -0.25) is 4.79 Å². The molecule has 0 radical (unpaired) electrons. The van der Waals surface area contributed by atoms with E-state index in [1.54, 1.807) is 6.07 Å². The summed E-state index contributed by atoms with van der Waals surface area (Å²) in [7, 11) is 1.49. The molecule has 1 amide bonds. The summed E-state index contributed by atoms with van der Waals surface area (Å²) in [6.07, 6.45) is 1.60. The molecule has 1 aliphatic rings. The summed E-state index contributed by atoms with van der Waals surface area (Å²) in [4.78, 5) is 16.9. The summed E-state index contributed by atoms with van der Waals surface area (Å²) in [5.74, 6) is 1.87. The van der Waals surface area contributed by atoms with Crippen molar-refractivity contribution in [2.24, 2.45) is 0 Å². The molecule has 9 heteroatoms. The van der Waals surface area contributed by atoms with Crippen LogP contribution in [0.15, 0.2) is 12.1 Å². The van der Waals surface area contributed by atoms with Gasteiger partial charge in [-0.1, -0.05) is 11.6 Å². The molecule has 2 aromatic rings. The Kier molecular flexibility index (Phi) is 5.56. The minimum Gasteiger partial charge on any atom is -0.496 e. The minimum atomic E-state index is -0.242. The molecule has 0 saturated carbocycles. The van der Waals surface area contributed by atoms with Gasteiger partial charge in [-0.2, -0.15) is 5.10 Å². The van der Waals surface area contributed by atoms with Crippen LogP contribution in [0.4, 0.5) is 5.69 Å². The van der Waals surface area contributed by atoms with Gasteiger partial charge in [0.1, 0.15) is 17.4 Å². The first kappa shape index (κ1) is 18.4. The Labute approximate surface area is 150 Å². The first-order valence-electron chi connectivity index (χ1n) is 7.32. The number of halogens is 2. The smallest absolute Gasteiger partial charge is 0.255 e. The average Bonchev–Trinajstić information content (AvgIpc) is 2.88. The molecule has 0 fully saturated rings. The lowest BCUT2D eigenvalue weighted by Crippen LogP contribution is -2.41. The Balaban J connectivity index is 0.00000208. The van der Waals surface area contributed by atoms with E-state index < -0.39 is 0 Å². The van der Waals surface area contributed by atoms with Crippen molar-refractivity contribution in [3.05, 3.63) is 34.4 Å². The molecular weight excluding hydrogens is 353 g/mol. The molecule has 1 aromatic heterocycles. The molecule has 2 heterocycles. The van der Waals surface area contributed by atoms with Crippen molar-refractivity contribution in [3.8, 4) is 5.75 Å². The number of aryl methyl sites for hydroxylation is 2. The highest BCUT2D eigenvalue weighted by molar-refractivity contribution is 6.33. The molecule has 1 atom stereocenters. The molecular formula is C15H19Cl2N5O2. The number of rotatable bonds is 3. The highest BCUT2D eigenvalue weighted by atomic mass is 35.5. The molecule has 0 spiro atoms. The van der Waals surface area contributed by atoms with E-state index in [9.17, 15) is 4.79 Å². The molecule has 130 valence electrons. The standard InChI is InChI=1S/C15H18ClN5O2.ClH/c1-8-18-14-4-3-9(7-21(14)20-8)19-15(22)10-5-11(16)12(17)6-13(10)23-2;/h5-6,9H,3-4,7,17H2,1-2H3,(H,19,22);1H. The number of amides is 1. The van der Waals surface area contributed by atoms with Crippen molar-refractivity contribution in [3.63, 3.8) is 0 Å². The Morgan fingerprint density at radius 1 is 1.50 bits per heavy atom. The van der Waals surface area contributed by atoms with E-state index in [4.69, 9.17) is 22.1 Å². The van der Waals surface area contributed by atoms with Gasteiger partial charge < -0.3 is 15.8 Å². The lowest BCUT2D eigenvalue weighted by Gasteiger charge is -2.24. The van der Waals surface area contributed by atoms with Crippen LogP contribution in [0.5, 0.6) is 5.75 Å². The van der Waals surface area contributed by atoms with Crippen LogP contribution in [0.1, 0.15) is 28.4 Å². The van der Waals surface area contributed by atoms with E-state index in [2.05, 4.69) is 15.4 Å². The van der Waals surface area contributed by atoms with E-state index in [1.807, 2.05) is 11.6 Å². The number of hydrogen-bond donors (Lipinski definition) is 2. The zero-order valence-corrected chi connectivity index (χ0v) is 14.9. The van der Waals surface area contributed by atoms with Crippen LogP contribution in [-0.4, -0.2) is 33.8 Å². The van der Waals surface area contributed by atoms with Gasteiger partial charge in [0.2, 0.25) is 0 Å². The minimum absolute atomic E-state index is 0. The van der Waals surface area contributed by atoms with Crippen LogP contribution in [0, 0.1) is 6.92 Å². The van der Waals surface area contributed by atoms with E-state index in [0.29, 0.717) is 28.6 Å². The van der Waals surface area contributed by atoms with Crippen molar-refractivity contribution >= 4 is 35.6 Å². The molecule has 1 unspecified atom stereocenters. The number of nitrogens with zero attached hydrogens (tertiary/aromatic N) is 3. The van der Waals surface area contributed by atoms with Gasteiger partial charge in [-0.05, 0) is 19.4 Å². The molecule has 0 bridgehead atoms. The summed E-state index contributed by atoms with van der Waals surface area (Å²) in [6.45, 7) is 2.47. The van der Waals surface area contributed by atoms with Gasteiger partial charge in [-0.15, -0.1) is 12.4 Å². The highest BCUT2D eigenvalue weighted by Gasteiger charge is 2.24. The van der Waals surface area contributed by atoms with Crippen LogP contribution in [0.3, 0.4) is 0 Å².